The summed E-state index contributed by atoms with van der Waals surface area (Å²) in [5.74, 6) is -0.944. The standard InChI is InChI=1S/C22H31BN3O7/c1-13(25(2)3)17-8-14(10-24-17)9-19(27)26-11-16(12-26)32-18-5-4-15-6-7-23(30,31)33-21(15)20(18)22(28)29/h4-5,14,16-17,24,30-31H,1,6-12H2,2-3H3,(H,28,29)/q-1/t14-,17+/m1/s1. The molecule has 1 aromatic rings. The van der Waals surface area contributed by atoms with E-state index in [9.17, 15) is 24.7 Å². The third-order valence-corrected chi connectivity index (χ3v) is 6.67. The molecule has 0 bridgehead atoms. The third-order valence-electron chi connectivity index (χ3n) is 6.67. The first-order valence-electron chi connectivity index (χ1n) is 11.3. The van der Waals surface area contributed by atoms with Crippen LogP contribution in [0.4, 0.5) is 0 Å². The molecule has 2 fully saturated rings. The second-order valence-electron chi connectivity index (χ2n) is 9.44. The molecule has 3 aliphatic heterocycles. The van der Waals surface area contributed by atoms with Crippen LogP contribution in [-0.2, 0) is 11.2 Å². The molecule has 2 atom stereocenters. The molecule has 0 spiro atoms. The van der Waals surface area contributed by atoms with Gasteiger partial charge in [-0.05, 0) is 36.9 Å². The molecule has 3 aliphatic rings. The Bertz CT molecular complexity index is 962. The Balaban J connectivity index is 1.33. The summed E-state index contributed by atoms with van der Waals surface area (Å²) in [5.41, 5.74) is 1.37. The van der Waals surface area contributed by atoms with E-state index in [2.05, 4.69) is 11.9 Å². The summed E-state index contributed by atoms with van der Waals surface area (Å²) in [7, 11) is 3.91. The number of rotatable bonds is 7. The summed E-state index contributed by atoms with van der Waals surface area (Å²) in [4.78, 5) is 28.2. The summed E-state index contributed by atoms with van der Waals surface area (Å²) in [5, 5.41) is 32.8. The number of carboxylic acids is 1. The van der Waals surface area contributed by atoms with Gasteiger partial charge in [0.15, 0.2) is 0 Å². The molecule has 0 aromatic heterocycles. The molecule has 0 radical (unpaired) electrons. The molecular weight excluding hydrogens is 429 g/mol. The number of carboxylic acid groups (broad SMARTS) is 1. The largest absolute Gasteiger partial charge is 0.669 e. The van der Waals surface area contributed by atoms with Gasteiger partial charge in [-0.15, -0.1) is 0 Å². The van der Waals surface area contributed by atoms with E-state index in [-0.39, 0.29) is 47.4 Å². The molecular formula is C22H31BN3O7-. The smallest absolute Gasteiger partial charge is 0.430 e. The number of nitrogens with one attached hydrogen (secondary N) is 1. The topological polar surface area (TPSA) is 132 Å². The van der Waals surface area contributed by atoms with E-state index in [4.69, 9.17) is 9.39 Å². The van der Waals surface area contributed by atoms with E-state index in [1.165, 1.54) is 0 Å². The fourth-order valence-electron chi connectivity index (χ4n) is 4.63. The fraction of sp³-hybridized carbons (Fsp3) is 0.545. The van der Waals surface area contributed by atoms with Crippen molar-refractivity contribution in [1.82, 2.24) is 15.1 Å². The van der Waals surface area contributed by atoms with Crippen molar-refractivity contribution in [3.8, 4) is 11.5 Å². The van der Waals surface area contributed by atoms with Crippen LogP contribution >= 0.6 is 0 Å². The summed E-state index contributed by atoms with van der Waals surface area (Å²) in [6.45, 7) is 2.51. The fourth-order valence-corrected chi connectivity index (χ4v) is 4.63. The van der Waals surface area contributed by atoms with Gasteiger partial charge in [-0.3, -0.25) is 4.79 Å². The van der Waals surface area contributed by atoms with E-state index in [0.29, 0.717) is 31.5 Å². The van der Waals surface area contributed by atoms with Crippen molar-refractivity contribution < 1.29 is 34.1 Å². The molecule has 1 aromatic carbocycles. The van der Waals surface area contributed by atoms with Gasteiger partial charge in [0, 0.05) is 32.3 Å². The van der Waals surface area contributed by atoms with Gasteiger partial charge < -0.3 is 39.7 Å². The Morgan fingerprint density at radius 1 is 1.33 bits per heavy atom. The minimum Gasteiger partial charge on any atom is -0.669 e. The van der Waals surface area contributed by atoms with Crippen LogP contribution in [0.25, 0.3) is 0 Å². The SMILES string of the molecule is C=C([C@@H]1C[C@H](CC(=O)N2CC(Oc3ccc4c(c3C(=O)O)O[B-](O)(O)CC4)C2)CN1)N(C)C. The van der Waals surface area contributed by atoms with E-state index < -0.39 is 12.7 Å². The van der Waals surface area contributed by atoms with Crippen LogP contribution in [0.15, 0.2) is 24.4 Å². The van der Waals surface area contributed by atoms with Crippen LogP contribution in [0.2, 0.25) is 6.32 Å². The number of carbonyl (C=O) groups is 2. The van der Waals surface area contributed by atoms with Gasteiger partial charge in [0.25, 0.3) is 0 Å². The lowest BCUT2D eigenvalue weighted by atomic mass is 9.70. The number of benzene rings is 1. The van der Waals surface area contributed by atoms with E-state index in [1.54, 1.807) is 17.0 Å². The number of likely N-dealkylation sites (tertiary alicyclic amines) is 1. The lowest BCUT2D eigenvalue weighted by Gasteiger charge is -2.40. The van der Waals surface area contributed by atoms with Crippen LogP contribution in [-0.4, -0.2) is 89.5 Å². The Morgan fingerprint density at radius 2 is 2.06 bits per heavy atom. The molecule has 0 aliphatic carbocycles. The lowest BCUT2D eigenvalue weighted by Crippen LogP contribution is -2.56. The number of hydrogen-bond acceptors (Lipinski definition) is 8. The number of fused-ring (bicyclic) bond motifs is 1. The molecule has 33 heavy (non-hydrogen) atoms. The molecule has 10 nitrogen and oxygen atoms in total. The second-order valence-corrected chi connectivity index (χ2v) is 9.44. The number of carbonyl (C=O) groups excluding carboxylic acids is 1. The third kappa shape index (κ3) is 4.95. The Labute approximate surface area is 192 Å². The maximum atomic E-state index is 12.7. The zero-order valence-corrected chi connectivity index (χ0v) is 19.0. The molecule has 0 saturated carbocycles. The first-order valence-corrected chi connectivity index (χ1v) is 11.3. The van der Waals surface area contributed by atoms with Crippen molar-refractivity contribution in [2.45, 2.75) is 37.7 Å². The van der Waals surface area contributed by atoms with Crippen LogP contribution in [0.3, 0.4) is 0 Å². The molecule has 1 amide bonds. The first-order chi connectivity index (χ1) is 15.5. The molecule has 180 valence electrons. The number of likely N-dealkylation sites (N-methyl/N-ethyl adjacent to an activating group) is 1. The normalized spacial score (nSPS) is 23.8. The lowest BCUT2D eigenvalue weighted by molar-refractivity contribution is -0.140. The number of aryl methyl sites for hydroxylation is 1. The van der Waals surface area contributed by atoms with Crippen LogP contribution in [0.1, 0.15) is 28.8 Å². The van der Waals surface area contributed by atoms with Crippen LogP contribution in [0.5, 0.6) is 11.5 Å². The average Bonchev–Trinajstić information content (AvgIpc) is 3.16. The molecule has 11 heteroatoms. The van der Waals surface area contributed by atoms with Gasteiger partial charge in [-0.2, -0.15) is 0 Å². The molecule has 4 rings (SSSR count). The van der Waals surface area contributed by atoms with Crippen molar-refractivity contribution >= 4 is 18.6 Å². The zero-order chi connectivity index (χ0) is 23.9. The van der Waals surface area contributed by atoms with Crippen molar-refractivity contribution in [3.63, 3.8) is 0 Å². The van der Waals surface area contributed by atoms with Crippen molar-refractivity contribution in [1.29, 1.82) is 0 Å². The maximum absolute atomic E-state index is 12.7. The predicted molar refractivity (Wildman–Crippen MR) is 121 cm³/mol. The van der Waals surface area contributed by atoms with Crippen molar-refractivity contribution in [2.75, 3.05) is 33.7 Å². The number of nitrogens with zero attached hydrogens (tertiary/aromatic N) is 2. The van der Waals surface area contributed by atoms with Crippen LogP contribution in [0, 0.1) is 5.92 Å². The van der Waals surface area contributed by atoms with Gasteiger partial charge >= 0.3 is 12.7 Å². The van der Waals surface area contributed by atoms with Crippen molar-refractivity contribution in [3.05, 3.63) is 35.5 Å². The minimum atomic E-state index is -3.09. The summed E-state index contributed by atoms with van der Waals surface area (Å²) in [6, 6.07) is 3.42. The highest BCUT2D eigenvalue weighted by atomic mass is 16.6. The second kappa shape index (κ2) is 8.88. The van der Waals surface area contributed by atoms with E-state index in [0.717, 1.165) is 18.7 Å². The van der Waals surface area contributed by atoms with Crippen molar-refractivity contribution in [2.24, 2.45) is 5.92 Å². The summed E-state index contributed by atoms with van der Waals surface area (Å²) >= 11 is 0. The van der Waals surface area contributed by atoms with Gasteiger partial charge in [0.1, 0.15) is 17.4 Å². The highest BCUT2D eigenvalue weighted by Gasteiger charge is 2.37. The average molecular weight is 460 g/mol. The summed E-state index contributed by atoms with van der Waals surface area (Å²) < 4.78 is 11.1. The number of amides is 1. The Kier molecular flexibility index (Phi) is 6.30. The van der Waals surface area contributed by atoms with Gasteiger partial charge in [0.2, 0.25) is 5.91 Å². The number of ether oxygens (including phenoxy) is 1. The van der Waals surface area contributed by atoms with Gasteiger partial charge in [0.05, 0.1) is 18.8 Å². The van der Waals surface area contributed by atoms with Gasteiger partial charge in [-0.1, -0.05) is 19.0 Å². The maximum Gasteiger partial charge on any atom is 0.430 e. The zero-order valence-electron chi connectivity index (χ0n) is 19.0. The van der Waals surface area contributed by atoms with Gasteiger partial charge in [-0.25, -0.2) is 4.79 Å². The monoisotopic (exact) mass is 460 g/mol. The Hall–Kier alpha value is -2.76. The van der Waals surface area contributed by atoms with E-state index >= 15 is 0 Å². The predicted octanol–water partition coefficient (Wildman–Crippen LogP) is 0.276. The molecule has 3 heterocycles. The number of hydrogen-bond donors (Lipinski definition) is 4. The molecule has 4 N–H and O–H groups in total. The minimum absolute atomic E-state index is 0.00643. The van der Waals surface area contributed by atoms with E-state index in [1.807, 2.05) is 19.0 Å². The number of aromatic carboxylic acids is 1. The highest BCUT2D eigenvalue weighted by molar-refractivity contribution is 6.59. The van der Waals surface area contributed by atoms with Crippen LogP contribution < -0.4 is 14.7 Å². The Morgan fingerprint density at radius 3 is 2.73 bits per heavy atom. The quantitative estimate of drug-likeness (QED) is 0.424. The highest BCUT2D eigenvalue weighted by Crippen LogP contribution is 2.39. The summed E-state index contributed by atoms with van der Waals surface area (Å²) in [6.07, 6.45) is 1.28. The molecule has 2 saturated heterocycles. The first kappa shape index (κ1) is 23.4. The molecule has 0 unspecified atom stereocenters.